The maximum Gasteiger partial charge on any atom is 0.246 e. The third-order valence-corrected chi connectivity index (χ3v) is 8.26. The van der Waals surface area contributed by atoms with E-state index in [-0.39, 0.29) is 23.5 Å². The SMILES string of the molecule is CCC(C)(NC(=O)C(SC(=O)CN1CCN(C)CC1)C(C)C)C(=O)NC(C=O)COCc1ccccc1.CCOC. The molecule has 0 bridgehead atoms. The van der Waals surface area contributed by atoms with E-state index in [0.717, 1.165) is 50.1 Å². The minimum Gasteiger partial charge on any atom is -0.385 e. The lowest BCUT2D eigenvalue weighted by molar-refractivity contribution is -0.134. The minimum absolute atomic E-state index is 0.0170. The van der Waals surface area contributed by atoms with Gasteiger partial charge in [0.1, 0.15) is 17.9 Å². The molecule has 1 saturated heterocycles. The van der Waals surface area contributed by atoms with Crippen molar-refractivity contribution >= 4 is 35.0 Å². The monoisotopic (exact) mass is 594 g/mol. The first-order valence-corrected chi connectivity index (χ1v) is 15.2. The van der Waals surface area contributed by atoms with Gasteiger partial charge in [-0.25, -0.2) is 0 Å². The molecule has 0 aromatic heterocycles. The van der Waals surface area contributed by atoms with Crippen LogP contribution in [0.2, 0.25) is 0 Å². The smallest absolute Gasteiger partial charge is 0.246 e. The van der Waals surface area contributed by atoms with Crippen LogP contribution in [0.15, 0.2) is 30.3 Å². The average Bonchev–Trinajstić information content (AvgIpc) is 2.96. The molecular weight excluding hydrogens is 544 g/mol. The third-order valence-electron chi connectivity index (χ3n) is 6.86. The lowest BCUT2D eigenvalue weighted by Gasteiger charge is -2.33. The highest BCUT2D eigenvalue weighted by atomic mass is 32.2. The minimum atomic E-state index is -1.24. The zero-order chi connectivity index (χ0) is 30.8. The van der Waals surface area contributed by atoms with Crippen molar-refractivity contribution in [2.45, 2.75) is 64.5 Å². The number of piperazine rings is 1. The van der Waals surface area contributed by atoms with E-state index in [1.165, 1.54) is 0 Å². The Morgan fingerprint density at radius 2 is 1.71 bits per heavy atom. The van der Waals surface area contributed by atoms with Crippen LogP contribution < -0.4 is 10.6 Å². The van der Waals surface area contributed by atoms with Gasteiger partial charge in [0.05, 0.1) is 25.0 Å². The van der Waals surface area contributed by atoms with Gasteiger partial charge in [-0.3, -0.25) is 19.3 Å². The van der Waals surface area contributed by atoms with E-state index in [9.17, 15) is 19.2 Å². The number of hydrogen-bond acceptors (Lipinski definition) is 9. The first-order valence-electron chi connectivity index (χ1n) is 14.3. The molecule has 1 aromatic rings. The number of carbonyl (C=O) groups excluding carboxylic acids is 4. The van der Waals surface area contributed by atoms with Crippen molar-refractivity contribution in [1.82, 2.24) is 20.4 Å². The molecule has 3 unspecified atom stereocenters. The van der Waals surface area contributed by atoms with Crippen molar-refractivity contribution < 1.29 is 28.7 Å². The molecule has 2 rings (SSSR count). The number of hydrogen-bond donors (Lipinski definition) is 2. The quantitative estimate of drug-likeness (QED) is 0.295. The summed E-state index contributed by atoms with van der Waals surface area (Å²) in [7, 11) is 3.74. The van der Waals surface area contributed by atoms with Gasteiger partial charge < -0.3 is 29.8 Å². The second-order valence-corrected chi connectivity index (χ2v) is 11.9. The standard InChI is InChI=1S/C27H42N4O5S.C3H8O/c1-6-27(4,26(35)28-22(17-32)19-36-18-21-10-8-7-9-11-21)29-25(34)24(20(2)3)37-23(33)16-31-14-12-30(5)13-15-31;1-3-4-2/h7-11,17,20,22,24H,6,12-16,18-19H2,1-5H3,(H,28,35)(H,29,34);3H2,1-2H3. The van der Waals surface area contributed by atoms with Crippen LogP contribution in [0.4, 0.5) is 0 Å². The van der Waals surface area contributed by atoms with Crippen LogP contribution in [-0.2, 0) is 35.3 Å². The summed E-state index contributed by atoms with van der Waals surface area (Å²) in [6, 6.07) is 8.68. The first-order chi connectivity index (χ1) is 19.5. The molecule has 3 atom stereocenters. The van der Waals surface area contributed by atoms with Gasteiger partial charge in [-0.15, -0.1) is 0 Å². The predicted molar refractivity (Wildman–Crippen MR) is 164 cm³/mol. The van der Waals surface area contributed by atoms with E-state index in [1.54, 1.807) is 21.0 Å². The fourth-order valence-electron chi connectivity index (χ4n) is 3.83. The van der Waals surface area contributed by atoms with Crippen LogP contribution in [-0.4, -0.2) is 110 Å². The molecule has 10 nitrogen and oxygen atoms in total. The van der Waals surface area contributed by atoms with E-state index in [0.29, 0.717) is 25.9 Å². The largest absolute Gasteiger partial charge is 0.385 e. The van der Waals surface area contributed by atoms with Gasteiger partial charge in [-0.05, 0) is 38.8 Å². The molecule has 11 heteroatoms. The van der Waals surface area contributed by atoms with Gasteiger partial charge >= 0.3 is 0 Å². The molecule has 1 aliphatic heterocycles. The second kappa shape index (κ2) is 19.7. The fraction of sp³-hybridized carbons (Fsp3) is 0.667. The summed E-state index contributed by atoms with van der Waals surface area (Å²) in [6.45, 7) is 14.1. The molecule has 0 radical (unpaired) electrons. The molecule has 1 fully saturated rings. The Morgan fingerprint density at radius 3 is 2.22 bits per heavy atom. The lowest BCUT2D eigenvalue weighted by atomic mass is 9.96. The van der Waals surface area contributed by atoms with E-state index < -0.39 is 22.7 Å². The molecule has 41 heavy (non-hydrogen) atoms. The maximum atomic E-state index is 13.2. The zero-order valence-corrected chi connectivity index (χ0v) is 26.6. The van der Waals surface area contributed by atoms with Gasteiger partial charge in [-0.1, -0.05) is 62.9 Å². The summed E-state index contributed by atoms with van der Waals surface area (Å²) in [5.74, 6) is -0.950. The molecular formula is C30H50N4O6S. The molecule has 1 aliphatic rings. The zero-order valence-electron chi connectivity index (χ0n) is 25.8. The Balaban J connectivity index is 0.00000196. The van der Waals surface area contributed by atoms with Crippen molar-refractivity contribution in [1.29, 1.82) is 0 Å². The van der Waals surface area contributed by atoms with Crippen LogP contribution in [0.5, 0.6) is 0 Å². The molecule has 2 N–H and O–H groups in total. The number of aldehydes is 1. The van der Waals surface area contributed by atoms with Crippen molar-refractivity contribution in [3.8, 4) is 0 Å². The summed E-state index contributed by atoms with van der Waals surface area (Å²) in [6.07, 6.45) is 0.941. The number of benzene rings is 1. The topological polar surface area (TPSA) is 117 Å². The summed E-state index contributed by atoms with van der Waals surface area (Å²) in [5, 5.41) is 4.85. The molecule has 232 valence electrons. The van der Waals surface area contributed by atoms with Crippen LogP contribution in [0.3, 0.4) is 0 Å². The molecule has 0 spiro atoms. The average molecular weight is 595 g/mol. The number of methoxy groups -OCH3 is 1. The summed E-state index contributed by atoms with van der Waals surface area (Å²) >= 11 is 1.03. The number of ether oxygens (including phenoxy) is 2. The first kappa shape index (κ1) is 36.7. The van der Waals surface area contributed by atoms with E-state index in [4.69, 9.17) is 4.74 Å². The van der Waals surface area contributed by atoms with Gasteiger partial charge in [0.2, 0.25) is 16.9 Å². The molecule has 1 heterocycles. The summed E-state index contributed by atoms with van der Waals surface area (Å²) < 4.78 is 10.1. The van der Waals surface area contributed by atoms with Gasteiger partial charge in [0.25, 0.3) is 0 Å². The van der Waals surface area contributed by atoms with Gasteiger partial charge in [-0.2, -0.15) is 0 Å². The van der Waals surface area contributed by atoms with Crippen molar-refractivity contribution in [2.75, 3.05) is 60.1 Å². The van der Waals surface area contributed by atoms with Crippen LogP contribution >= 0.6 is 11.8 Å². The van der Waals surface area contributed by atoms with Crippen molar-refractivity contribution in [2.24, 2.45) is 5.92 Å². The Hall–Kier alpha value is -2.31. The Kier molecular flexibility index (Phi) is 17.7. The van der Waals surface area contributed by atoms with Gasteiger partial charge in [0, 0.05) is 39.9 Å². The molecule has 0 saturated carbocycles. The predicted octanol–water partition coefficient (Wildman–Crippen LogP) is 2.36. The molecule has 1 aromatic carbocycles. The number of likely N-dealkylation sites (N-methyl/N-ethyl adjacent to an activating group) is 1. The lowest BCUT2D eigenvalue weighted by Crippen LogP contribution is -2.60. The normalized spacial score (nSPS) is 17.0. The fourth-order valence-corrected chi connectivity index (χ4v) is 4.81. The second-order valence-electron chi connectivity index (χ2n) is 10.7. The summed E-state index contributed by atoms with van der Waals surface area (Å²) in [5.41, 5.74) is -0.282. The van der Waals surface area contributed by atoms with E-state index in [2.05, 4.69) is 32.2 Å². The molecule has 0 aliphatic carbocycles. The third kappa shape index (κ3) is 13.9. The Labute approximate surface area is 250 Å². The van der Waals surface area contributed by atoms with Crippen molar-refractivity contribution in [3.63, 3.8) is 0 Å². The molecule has 2 amide bonds. The van der Waals surface area contributed by atoms with E-state index in [1.807, 2.05) is 51.1 Å². The van der Waals surface area contributed by atoms with Crippen LogP contribution in [0.25, 0.3) is 0 Å². The number of nitrogens with zero attached hydrogens (tertiary/aromatic N) is 2. The van der Waals surface area contributed by atoms with Gasteiger partial charge in [0.15, 0.2) is 0 Å². The number of thioether (sulfide) groups is 1. The van der Waals surface area contributed by atoms with Crippen molar-refractivity contribution in [3.05, 3.63) is 35.9 Å². The number of rotatable bonds is 15. The van der Waals surface area contributed by atoms with Crippen LogP contribution in [0.1, 0.15) is 46.6 Å². The maximum absolute atomic E-state index is 13.2. The Morgan fingerprint density at radius 1 is 1.10 bits per heavy atom. The highest BCUT2D eigenvalue weighted by Crippen LogP contribution is 2.23. The number of carbonyl (C=O) groups is 4. The Bertz CT molecular complexity index is 925. The number of nitrogens with one attached hydrogen (secondary N) is 2. The summed E-state index contributed by atoms with van der Waals surface area (Å²) in [4.78, 5) is 55.0. The number of amides is 2. The van der Waals surface area contributed by atoms with E-state index >= 15 is 0 Å². The highest BCUT2D eigenvalue weighted by Gasteiger charge is 2.37. The highest BCUT2D eigenvalue weighted by molar-refractivity contribution is 8.14. The van der Waals surface area contributed by atoms with Crippen LogP contribution in [0, 0.1) is 5.92 Å².